The number of rotatable bonds is 6. The Morgan fingerprint density at radius 1 is 1.25 bits per heavy atom. The molecule has 0 saturated carbocycles. The van der Waals surface area contributed by atoms with E-state index in [1.54, 1.807) is 0 Å². The number of sulfonamides is 1. The van der Waals surface area contributed by atoms with Gasteiger partial charge in [-0.05, 0) is 55.9 Å². The van der Waals surface area contributed by atoms with Gasteiger partial charge >= 0.3 is 0 Å². The summed E-state index contributed by atoms with van der Waals surface area (Å²) in [5.41, 5.74) is -0.253. The summed E-state index contributed by atoms with van der Waals surface area (Å²) in [7, 11) is -3.92. The highest BCUT2D eigenvalue weighted by molar-refractivity contribution is 7.89. The fourth-order valence-corrected chi connectivity index (χ4v) is 5.77. The van der Waals surface area contributed by atoms with Crippen LogP contribution in [0.3, 0.4) is 0 Å². The molecule has 1 fully saturated rings. The van der Waals surface area contributed by atoms with Gasteiger partial charge in [-0.25, -0.2) is 17.2 Å². The first-order chi connectivity index (χ1) is 15.1. The average molecular weight is 525 g/mol. The molecule has 174 valence electrons. The Morgan fingerprint density at radius 3 is 2.59 bits per heavy atom. The summed E-state index contributed by atoms with van der Waals surface area (Å²) in [5, 5.41) is 1.83. The number of amides is 1. The monoisotopic (exact) mass is 524 g/mol. The predicted octanol–water partition coefficient (Wildman–Crippen LogP) is 5.17. The van der Waals surface area contributed by atoms with Crippen molar-refractivity contribution in [2.45, 2.75) is 30.8 Å². The molecule has 2 aromatic rings. The molecule has 1 amide bonds. The lowest BCUT2D eigenvalue weighted by Crippen LogP contribution is -2.46. The number of anilines is 1. The Bertz CT molecular complexity index is 1110. The predicted molar refractivity (Wildman–Crippen MR) is 122 cm³/mol. The first-order valence-electron chi connectivity index (χ1n) is 9.64. The molecule has 32 heavy (non-hydrogen) atoms. The number of carbonyl (C=O) groups is 1. The third-order valence-electron chi connectivity index (χ3n) is 5.35. The summed E-state index contributed by atoms with van der Waals surface area (Å²) in [5.74, 6) is -3.31. The van der Waals surface area contributed by atoms with E-state index < -0.39 is 32.6 Å². The van der Waals surface area contributed by atoms with Gasteiger partial charge in [-0.15, -0.1) is 0 Å². The van der Waals surface area contributed by atoms with E-state index in [0.29, 0.717) is 12.8 Å². The number of nitrogens with zero attached hydrogens (tertiary/aromatic N) is 1. The van der Waals surface area contributed by atoms with Crippen LogP contribution < -0.4 is 5.32 Å². The molecule has 2 aromatic carbocycles. The number of thiol groups is 1. The minimum Gasteiger partial charge on any atom is -0.322 e. The Balaban J connectivity index is 1.87. The minimum atomic E-state index is -3.92. The normalized spacial score (nSPS) is 19.7. The van der Waals surface area contributed by atoms with Crippen molar-refractivity contribution < 1.29 is 26.2 Å². The molecule has 1 aliphatic heterocycles. The van der Waals surface area contributed by atoms with E-state index in [9.17, 15) is 22.0 Å². The SMILES string of the molecule is CCC1CN(S(=O)(=O)c2ccc(Cl)c(C(=O)Nc3cc(F)c(F)c(Cl)c3)c2)CCC1OS. The van der Waals surface area contributed by atoms with Crippen LogP contribution in [-0.2, 0) is 14.2 Å². The van der Waals surface area contributed by atoms with Crippen molar-refractivity contribution in [1.82, 2.24) is 4.31 Å². The van der Waals surface area contributed by atoms with E-state index in [2.05, 4.69) is 18.2 Å². The molecular formula is C20H20Cl2F2N2O4S2. The first kappa shape index (κ1) is 25.2. The molecule has 0 aromatic heterocycles. The summed E-state index contributed by atoms with van der Waals surface area (Å²) in [6, 6.07) is 5.54. The second kappa shape index (κ2) is 10.2. The fraction of sp³-hybridized carbons (Fsp3) is 0.350. The van der Waals surface area contributed by atoms with E-state index in [1.807, 2.05) is 6.92 Å². The highest BCUT2D eigenvalue weighted by Gasteiger charge is 2.35. The Kier molecular flexibility index (Phi) is 8.06. The zero-order valence-corrected chi connectivity index (χ0v) is 20.0. The van der Waals surface area contributed by atoms with Crippen LogP contribution in [0.25, 0.3) is 0 Å². The van der Waals surface area contributed by atoms with Gasteiger partial charge in [0.2, 0.25) is 10.0 Å². The number of piperidine rings is 1. The molecule has 0 bridgehead atoms. The molecule has 1 N–H and O–H groups in total. The van der Waals surface area contributed by atoms with Crippen molar-refractivity contribution in [3.8, 4) is 0 Å². The molecule has 2 unspecified atom stereocenters. The molecule has 0 radical (unpaired) electrons. The van der Waals surface area contributed by atoms with Crippen molar-refractivity contribution in [2.75, 3.05) is 18.4 Å². The van der Waals surface area contributed by atoms with Crippen molar-refractivity contribution in [3.63, 3.8) is 0 Å². The summed E-state index contributed by atoms with van der Waals surface area (Å²) < 4.78 is 59.8. The van der Waals surface area contributed by atoms with Crippen molar-refractivity contribution in [1.29, 1.82) is 0 Å². The molecule has 2 atom stereocenters. The number of benzene rings is 2. The highest BCUT2D eigenvalue weighted by Crippen LogP contribution is 2.30. The third-order valence-corrected chi connectivity index (χ3v) is 8.09. The molecule has 12 heteroatoms. The molecule has 3 rings (SSSR count). The van der Waals surface area contributed by atoms with Crippen LogP contribution >= 0.6 is 36.1 Å². The first-order valence-corrected chi connectivity index (χ1v) is 12.2. The van der Waals surface area contributed by atoms with Crippen molar-refractivity contribution in [2.24, 2.45) is 5.92 Å². The maximum absolute atomic E-state index is 13.6. The van der Waals surface area contributed by atoms with Crippen LogP contribution in [0, 0.1) is 17.6 Å². The largest absolute Gasteiger partial charge is 0.322 e. The number of carbonyl (C=O) groups excluding carboxylic acids is 1. The average Bonchev–Trinajstić information content (AvgIpc) is 2.76. The van der Waals surface area contributed by atoms with E-state index in [4.69, 9.17) is 27.4 Å². The summed E-state index contributed by atoms with van der Waals surface area (Å²) in [4.78, 5) is 12.6. The maximum Gasteiger partial charge on any atom is 0.257 e. The van der Waals surface area contributed by atoms with E-state index >= 15 is 0 Å². The van der Waals surface area contributed by atoms with Gasteiger partial charge < -0.3 is 9.50 Å². The maximum atomic E-state index is 13.6. The van der Waals surface area contributed by atoms with Crippen LogP contribution in [0.4, 0.5) is 14.5 Å². The van der Waals surface area contributed by atoms with Gasteiger partial charge in [-0.1, -0.05) is 30.1 Å². The van der Waals surface area contributed by atoms with Crippen LogP contribution in [0.5, 0.6) is 0 Å². The number of halogens is 4. The van der Waals surface area contributed by atoms with Crippen LogP contribution in [-0.4, -0.2) is 37.8 Å². The summed E-state index contributed by atoms with van der Waals surface area (Å²) in [6.45, 7) is 2.43. The molecule has 6 nitrogen and oxygen atoms in total. The second-order valence-electron chi connectivity index (χ2n) is 7.31. The van der Waals surface area contributed by atoms with Crippen LogP contribution in [0.15, 0.2) is 35.2 Å². The lowest BCUT2D eigenvalue weighted by atomic mass is 9.94. The van der Waals surface area contributed by atoms with Gasteiger partial charge in [0, 0.05) is 24.8 Å². The van der Waals surface area contributed by atoms with Gasteiger partial charge in [-0.2, -0.15) is 4.31 Å². The van der Waals surface area contributed by atoms with Gasteiger partial charge in [0.1, 0.15) is 0 Å². The summed E-state index contributed by atoms with van der Waals surface area (Å²) >= 11 is 15.6. The smallest absolute Gasteiger partial charge is 0.257 e. The van der Waals surface area contributed by atoms with E-state index in [-0.39, 0.29) is 46.3 Å². The molecule has 1 heterocycles. The van der Waals surface area contributed by atoms with E-state index in [0.717, 1.165) is 18.2 Å². The Labute approximate surface area is 200 Å². The lowest BCUT2D eigenvalue weighted by molar-refractivity contribution is 0.0929. The molecule has 1 aliphatic rings. The number of hydrogen-bond acceptors (Lipinski definition) is 5. The quantitative estimate of drug-likeness (QED) is 0.310. The van der Waals surface area contributed by atoms with Crippen molar-refractivity contribution >= 4 is 57.7 Å². The zero-order chi connectivity index (χ0) is 23.6. The topological polar surface area (TPSA) is 75.7 Å². The molecule has 1 saturated heterocycles. The van der Waals surface area contributed by atoms with Gasteiger partial charge in [0.25, 0.3) is 5.91 Å². The van der Waals surface area contributed by atoms with Gasteiger partial charge in [0.05, 0.1) is 26.6 Å². The molecule has 0 aliphatic carbocycles. The lowest BCUT2D eigenvalue weighted by Gasteiger charge is -2.36. The van der Waals surface area contributed by atoms with Gasteiger partial charge in [-0.3, -0.25) is 4.79 Å². The van der Waals surface area contributed by atoms with Crippen LogP contribution in [0.1, 0.15) is 30.1 Å². The van der Waals surface area contributed by atoms with Crippen molar-refractivity contribution in [3.05, 3.63) is 57.6 Å². The molecular weight excluding hydrogens is 505 g/mol. The standard InChI is InChI=1S/C20H20Cl2F2N2O4S2/c1-2-11-10-26(6-5-18(11)30-31)32(28,29)13-3-4-15(21)14(9-13)20(27)25-12-7-16(22)19(24)17(23)8-12/h3-4,7-9,11,18,31H,2,5-6,10H2,1H3,(H,25,27). The second-order valence-corrected chi connectivity index (χ2v) is 10.3. The minimum absolute atomic E-state index is 0.0104. The van der Waals surface area contributed by atoms with E-state index in [1.165, 1.54) is 16.4 Å². The third kappa shape index (κ3) is 5.21. The number of hydrogen-bond donors (Lipinski definition) is 2. The van der Waals surface area contributed by atoms with Gasteiger partial charge in [0.15, 0.2) is 11.6 Å². The zero-order valence-electron chi connectivity index (χ0n) is 16.8. The Morgan fingerprint density at radius 2 is 1.97 bits per heavy atom. The molecule has 0 spiro atoms. The van der Waals surface area contributed by atoms with Crippen LogP contribution in [0.2, 0.25) is 10.0 Å². The fourth-order valence-electron chi connectivity index (χ4n) is 3.54. The Hall–Kier alpha value is -1.43. The number of nitrogens with one attached hydrogen (secondary N) is 1. The summed E-state index contributed by atoms with van der Waals surface area (Å²) in [6.07, 6.45) is 1.05. The highest BCUT2D eigenvalue weighted by atomic mass is 35.5.